The van der Waals surface area contributed by atoms with Gasteiger partial charge in [0, 0.05) is 5.39 Å². The van der Waals surface area contributed by atoms with Gasteiger partial charge in [-0.1, -0.05) is 36.4 Å². The molecule has 3 heteroatoms. The standard InChI is InChI=1S/C10H10N2.H3N/c11-12-10-7-3-5-8-4-1-2-6-9(8)10;/h1-7,12H,11H2;1H3. The highest BCUT2D eigenvalue weighted by atomic mass is 15.2. The molecule has 0 saturated heterocycles. The number of benzene rings is 2. The monoisotopic (exact) mass is 175 g/mol. The minimum Gasteiger partial charge on any atom is -0.344 e. The summed E-state index contributed by atoms with van der Waals surface area (Å²) in [5, 5.41) is 2.36. The van der Waals surface area contributed by atoms with Gasteiger partial charge in [-0.15, -0.1) is 0 Å². The fourth-order valence-electron chi connectivity index (χ4n) is 1.35. The first-order chi connectivity index (χ1) is 5.92. The van der Waals surface area contributed by atoms with Crippen molar-refractivity contribution >= 4 is 16.5 Å². The molecule has 13 heavy (non-hydrogen) atoms. The zero-order valence-electron chi connectivity index (χ0n) is 7.33. The smallest absolute Gasteiger partial charge is 0.0563 e. The van der Waals surface area contributed by atoms with Gasteiger partial charge in [-0.25, -0.2) is 0 Å². The maximum Gasteiger partial charge on any atom is 0.0563 e. The van der Waals surface area contributed by atoms with Gasteiger partial charge in [0.25, 0.3) is 0 Å². The van der Waals surface area contributed by atoms with Gasteiger partial charge in [0.1, 0.15) is 0 Å². The molecule has 68 valence electrons. The van der Waals surface area contributed by atoms with Crippen LogP contribution in [0.1, 0.15) is 0 Å². The Hall–Kier alpha value is -1.58. The van der Waals surface area contributed by atoms with Gasteiger partial charge in [-0.3, -0.25) is 5.84 Å². The van der Waals surface area contributed by atoms with E-state index in [1.54, 1.807) is 0 Å². The van der Waals surface area contributed by atoms with Crippen LogP contribution in [0.3, 0.4) is 0 Å². The van der Waals surface area contributed by atoms with Crippen LogP contribution >= 0.6 is 0 Å². The lowest BCUT2D eigenvalue weighted by Gasteiger charge is -2.03. The van der Waals surface area contributed by atoms with Crippen LogP contribution in [0.2, 0.25) is 0 Å². The van der Waals surface area contributed by atoms with Crippen LogP contribution in [0.25, 0.3) is 10.8 Å². The lowest BCUT2D eigenvalue weighted by molar-refractivity contribution is 1.37. The lowest BCUT2D eigenvalue weighted by atomic mass is 10.1. The maximum absolute atomic E-state index is 5.37. The topological polar surface area (TPSA) is 73.0 Å². The Morgan fingerprint density at radius 2 is 1.62 bits per heavy atom. The highest BCUT2D eigenvalue weighted by molar-refractivity contribution is 5.93. The molecular weight excluding hydrogens is 162 g/mol. The fraction of sp³-hybridized carbons (Fsp3) is 0. The summed E-state index contributed by atoms with van der Waals surface area (Å²) in [6.45, 7) is 0. The third kappa shape index (κ3) is 1.61. The Morgan fingerprint density at radius 1 is 0.923 bits per heavy atom. The van der Waals surface area contributed by atoms with Crippen LogP contribution in [0.5, 0.6) is 0 Å². The predicted octanol–water partition coefficient (Wildman–Crippen LogP) is 2.29. The fourth-order valence-corrected chi connectivity index (χ4v) is 1.35. The lowest BCUT2D eigenvalue weighted by Crippen LogP contribution is -2.06. The molecule has 2 rings (SSSR count). The van der Waals surface area contributed by atoms with Gasteiger partial charge in [0.2, 0.25) is 0 Å². The summed E-state index contributed by atoms with van der Waals surface area (Å²) < 4.78 is 0. The first kappa shape index (κ1) is 9.51. The van der Waals surface area contributed by atoms with Crippen molar-refractivity contribution in [2.24, 2.45) is 5.84 Å². The second-order valence-corrected chi connectivity index (χ2v) is 2.67. The minimum absolute atomic E-state index is 0. The van der Waals surface area contributed by atoms with Crippen molar-refractivity contribution in [1.29, 1.82) is 0 Å². The Bertz CT molecular complexity index is 393. The number of rotatable bonds is 1. The molecule has 0 atom stereocenters. The normalized spacial score (nSPS) is 9.31. The van der Waals surface area contributed by atoms with Crippen LogP contribution < -0.4 is 17.4 Å². The average molecular weight is 175 g/mol. The van der Waals surface area contributed by atoms with Crippen molar-refractivity contribution in [3.05, 3.63) is 42.5 Å². The first-order valence-corrected chi connectivity index (χ1v) is 3.86. The Labute approximate surface area is 77.1 Å². The Kier molecular flexibility index (Phi) is 2.84. The summed E-state index contributed by atoms with van der Waals surface area (Å²) in [4.78, 5) is 0. The zero-order chi connectivity index (χ0) is 8.39. The summed E-state index contributed by atoms with van der Waals surface area (Å²) in [5.74, 6) is 5.37. The molecule has 0 aromatic heterocycles. The van der Waals surface area contributed by atoms with Crippen molar-refractivity contribution in [1.82, 2.24) is 6.15 Å². The number of nitrogen functional groups attached to an aromatic ring is 1. The molecule has 0 spiro atoms. The number of hydrogen-bond donors (Lipinski definition) is 3. The third-order valence-corrected chi connectivity index (χ3v) is 1.95. The molecule has 6 N–H and O–H groups in total. The Balaban J connectivity index is 0.000000845. The van der Waals surface area contributed by atoms with Crippen LogP contribution in [-0.4, -0.2) is 0 Å². The molecule has 0 aliphatic rings. The van der Waals surface area contributed by atoms with Crippen molar-refractivity contribution in [2.45, 2.75) is 0 Å². The van der Waals surface area contributed by atoms with E-state index in [-0.39, 0.29) is 6.15 Å². The number of nitrogens with one attached hydrogen (secondary N) is 1. The van der Waals surface area contributed by atoms with Gasteiger partial charge < -0.3 is 11.6 Å². The van der Waals surface area contributed by atoms with Crippen LogP contribution in [0.4, 0.5) is 5.69 Å². The second kappa shape index (κ2) is 3.89. The van der Waals surface area contributed by atoms with E-state index in [1.807, 2.05) is 30.3 Å². The van der Waals surface area contributed by atoms with E-state index >= 15 is 0 Å². The van der Waals surface area contributed by atoms with Crippen molar-refractivity contribution in [2.75, 3.05) is 5.43 Å². The van der Waals surface area contributed by atoms with E-state index in [0.29, 0.717) is 0 Å². The molecule has 0 bridgehead atoms. The predicted molar refractivity (Wildman–Crippen MR) is 56.8 cm³/mol. The molecule has 0 unspecified atom stereocenters. The summed E-state index contributed by atoms with van der Waals surface area (Å²) in [7, 11) is 0. The number of anilines is 1. The molecule has 2 aromatic carbocycles. The summed E-state index contributed by atoms with van der Waals surface area (Å²) in [6, 6.07) is 14.1. The van der Waals surface area contributed by atoms with Crippen molar-refractivity contribution in [3.8, 4) is 0 Å². The number of fused-ring (bicyclic) bond motifs is 1. The van der Waals surface area contributed by atoms with Crippen LogP contribution in [-0.2, 0) is 0 Å². The molecule has 0 aliphatic heterocycles. The number of hydrazine groups is 1. The molecule has 0 aliphatic carbocycles. The van der Waals surface area contributed by atoms with Crippen molar-refractivity contribution < 1.29 is 0 Å². The van der Waals surface area contributed by atoms with E-state index in [2.05, 4.69) is 17.6 Å². The number of hydrogen-bond acceptors (Lipinski definition) is 3. The molecule has 2 aromatic rings. The molecule has 0 amide bonds. The van der Waals surface area contributed by atoms with Crippen LogP contribution in [0.15, 0.2) is 42.5 Å². The summed E-state index contributed by atoms with van der Waals surface area (Å²) in [6.07, 6.45) is 0. The summed E-state index contributed by atoms with van der Waals surface area (Å²) >= 11 is 0. The van der Waals surface area contributed by atoms with E-state index in [0.717, 1.165) is 11.1 Å². The molecule has 0 radical (unpaired) electrons. The molecule has 0 saturated carbocycles. The molecule has 3 nitrogen and oxygen atoms in total. The van der Waals surface area contributed by atoms with E-state index in [1.165, 1.54) is 5.39 Å². The maximum atomic E-state index is 5.37. The highest BCUT2D eigenvalue weighted by Crippen LogP contribution is 2.21. The first-order valence-electron chi connectivity index (χ1n) is 3.86. The van der Waals surface area contributed by atoms with E-state index in [9.17, 15) is 0 Å². The van der Waals surface area contributed by atoms with Gasteiger partial charge >= 0.3 is 0 Å². The average Bonchev–Trinajstić information content (AvgIpc) is 2.17. The minimum atomic E-state index is 0. The Morgan fingerprint density at radius 3 is 2.38 bits per heavy atom. The molecule has 0 fully saturated rings. The summed E-state index contributed by atoms with van der Waals surface area (Å²) in [5.41, 5.74) is 3.64. The third-order valence-electron chi connectivity index (χ3n) is 1.95. The quantitative estimate of drug-likeness (QED) is 0.460. The van der Waals surface area contributed by atoms with E-state index < -0.39 is 0 Å². The molecule has 0 heterocycles. The van der Waals surface area contributed by atoms with Gasteiger partial charge in [-0.05, 0) is 11.5 Å². The van der Waals surface area contributed by atoms with Gasteiger partial charge in [-0.2, -0.15) is 0 Å². The van der Waals surface area contributed by atoms with E-state index in [4.69, 9.17) is 5.84 Å². The van der Waals surface area contributed by atoms with Crippen LogP contribution in [0, 0.1) is 0 Å². The largest absolute Gasteiger partial charge is 0.344 e. The number of nitrogens with two attached hydrogens (primary N) is 1. The zero-order valence-corrected chi connectivity index (χ0v) is 7.33. The second-order valence-electron chi connectivity index (χ2n) is 2.67. The highest BCUT2D eigenvalue weighted by Gasteiger charge is 1.95. The molecular formula is C10H13N3. The van der Waals surface area contributed by atoms with Gasteiger partial charge in [0.15, 0.2) is 0 Å². The SMILES string of the molecule is N.NNc1cccc2ccccc12. The van der Waals surface area contributed by atoms with Crippen molar-refractivity contribution in [3.63, 3.8) is 0 Å². The van der Waals surface area contributed by atoms with Gasteiger partial charge in [0.05, 0.1) is 5.69 Å².